The Morgan fingerprint density at radius 3 is 2.22 bits per heavy atom. The summed E-state index contributed by atoms with van der Waals surface area (Å²) in [7, 11) is 3.08. The van der Waals surface area contributed by atoms with Crippen molar-refractivity contribution in [1.29, 1.82) is 0 Å². The fraction of sp³-hybridized carbons (Fsp3) is 0.118. The molecule has 2 aliphatic rings. The van der Waals surface area contributed by atoms with Crippen molar-refractivity contribution in [2.45, 2.75) is 0 Å². The number of aromatic nitrogens is 1. The monoisotopic (exact) mass is 562 g/mol. The van der Waals surface area contributed by atoms with Crippen LogP contribution in [0.3, 0.4) is 0 Å². The molecule has 0 aliphatic carbocycles. The molecule has 2 aliphatic heterocycles. The highest BCUT2D eigenvalue weighted by atomic mass is 79.9. The lowest BCUT2D eigenvalue weighted by Crippen LogP contribution is -2.50. The number of allylic oxidation sites excluding steroid dienone is 2. The van der Waals surface area contributed by atoms with E-state index in [4.69, 9.17) is 9.47 Å². The zero-order chi connectivity index (χ0) is 19.5. The van der Waals surface area contributed by atoms with Gasteiger partial charge in [-0.05, 0) is 40.2 Å². The molecule has 4 nitrogen and oxygen atoms in total. The van der Waals surface area contributed by atoms with Crippen molar-refractivity contribution in [3.05, 3.63) is 62.4 Å². The van der Waals surface area contributed by atoms with Crippen molar-refractivity contribution in [3.8, 4) is 11.5 Å². The molecule has 0 spiro atoms. The second kappa shape index (κ2) is 6.60. The Hall–Kier alpha value is -1.39. The maximum Gasteiger partial charge on any atom is 0.738 e. The Bertz CT molecular complexity index is 1050. The van der Waals surface area contributed by atoms with Gasteiger partial charge < -0.3 is 27.1 Å². The number of fused-ring (bicyclic) bond motifs is 2. The average Bonchev–Trinajstić information content (AvgIpc) is 3.20. The molecule has 0 unspecified atom stereocenters. The van der Waals surface area contributed by atoms with Crippen LogP contribution in [0.5, 0.6) is 11.5 Å². The Kier molecular flexibility index (Phi) is 4.63. The van der Waals surface area contributed by atoms with E-state index < -0.39 is 6.97 Å². The standard InChI is InChI=1S/C17H12BBr3F2N2O2/c1-26-12-7-9(19)8-13(27-2)17(12)16-10-3-5-14(20)24(10)18(22,23)25-11(16)4-6-15(25)21/h3-8H,1-2H3. The van der Waals surface area contributed by atoms with E-state index in [2.05, 4.69) is 47.8 Å². The predicted octanol–water partition coefficient (Wildman–Crippen LogP) is 5.40. The Balaban J connectivity index is 2.16. The highest BCUT2D eigenvalue weighted by Gasteiger charge is 2.54. The summed E-state index contributed by atoms with van der Waals surface area (Å²) < 4.78 is 45.2. The van der Waals surface area contributed by atoms with Crippen molar-refractivity contribution in [2.75, 3.05) is 14.2 Å². The molecule has 2 aromatic rings. The molecule has 1 aromatic heterocycles. The first-order valence-electron chi connectivity index (χ1n) is 7.87. The summed E-state index contributed by atoms with van der Waals surface area (Å²) in [5.41, 5.74) is 1.96. The van der Waals surface area contributed by atoms with E-state index in [-0.39, 0.29) is 0 Å². The maximum absolute atomic E-state index is 15.3. The number of halogens is 5. The van der Waals surface area contributed by atoms with Crippen molar-refractivity contribution in [1.82, 2.24) is 4.48 Å². The minimum atomic E-state index is -4.08. The number of hydrogen-bond acceptors (Lipinski definition) is 2. The Labute approximate surface area is 179 Å². The van der Waals surface area contributed by atoms with Gasteiger partial charge in [-0.25, -0.2) is 0 Å². The first kappa shape index (κ1) is 19.0. The summed E-state index contributed by atoms with van der Waals surface area (Å²) in [6, 6.07) is 6.85. The van der Waals surface area contributed by atoms with Gasteiger partial charge in [-0.3, -0.25) is 0 Å². The molecule has 4 rings (SSSR count). The largest absolute Gasteiger partial charge is 0.738 e. The molecule has 0 atom stereocenters. The van der Waals surface area contributed by atoms with Crippen molar-refractivity contribution in [3.63, 3.8) is 0 Å². The number of nitrogens with zero attached hydrogens (tertiary/aromatic N) is 2. The molecule has 10 heteroatoms. The normalized spacial score (nSPS) is 17.3. The maximum atomic E-state index is 15.3. The van der Waals surface area contributed by atoms with Gasteiger partial charge in [0.05, 0.1) is 30.0 Å². The van der Waals surface area contributed by atoms with Crippen LogP contribution >= 0.6 is 47.8 Å². The van der Waals surface area contributed by atoms with Gasteiger partial charge in [-0.1, -0.05) is 15.9 Å². The molecule has 0 bridgehead atoms. The molecule has 0 N–H and O–H groups in total. The second-order valence-electron chi connectivity index (χ2n) is 5.97. The van der Waals surface area contributed by atoms with E-state index in [1.54, 1.807) is 36.4 Å². The fourth-order valence-corrected chi connectivity index (χ4v) is 5.07. The minimum Gasteiger partial charge on any atom is -0.496 e. The van der Waals surface area contributed by atoms with Crippen LogP contribution in [0.1, 0.15) is 11.3 Å². The molecule has 0 radical (unpaired) electrons. The van der Waals surface area contributed by atoms with E-state index >= 15 is 8.63 Å². The third-order valence-corrected chi connectivity index (χ3v) is 6.34. The quantitative estimate of drug-likeness (QED) is 0.467. The van der Waals surface area contributed by atoms with Gasteiger partial charge in [0.15, 0.2) is 5.70 Å². The summed E-state index contributed by atoms with van der Waals surface area (Å²) >= 11 is 9.95. The first-order valence-corrected chi connectivity index (χ1v) is 10.2. The highest BCUT2D eigenvalue weighted by Crippen LogP contribution is 2.47. The number of hydrogen-bond donors (Lipinski definition) is 0. The van der Waals surface area contributed by atoms with E-state index in [9.17, 15) is 0 Å². The molecule has 140 valence electrons. The molecule has 0 fully saturated rings. The van der Waals surface area contributed by atoms with Crippen LogP contribution in [-0.4, -0.2) is 34.8 Å². The predicted molar refractivity (Wildman–Crippen MR) is 112 cm³/mol. The number of ether oxygens (including phenoxy) is 2. The van der Waals surface area contributed by atoms with Crippen LogP contribution < -0.4 is 9.47 Å². The van der Waals surface area contributed by atoms with Gasteiger partial charge >= 0.3 is 6.97 Å². The molecular weight excluding hydrogens is 553 g/mol. The minimum absolute atomic E-state index is 0.293. The molecular formula is C17H12BBr3F2N2O2. The number of methoxy groups -OCH3 is 2. The van der Waals surface area contributed by atoms with Crippen LogP contribution in [0, 0.1) is 0 Å². The van der Waals surface area contributed by atoms with Crippen molar-refractivity contribution >= 4 is 65.0 Å². The van der Waals surface area contributed by atoms with Crippen molar-refractivity contribution < 1.29 is 22.6 Å². The third kappa shape index (κ3) is 2.67. The van der Waals surface area contributed by atoms with Gasteiger partial charge in [0.25, 0.3) is 0 Å². The second-order valence-corrected chi connectivity index (χ2v) is 8.51. The van der Waals surface area contributed by atoms with Gasteiger partial charge in [0.1, 0.15) is 11.5 Å². The third-order valence-electron chi connectivity index (χ3n) is 4.59. The lowest BCUT2D eigenvalue weighted by atomic mass is 9.86. The van der Waals surface area contributed by atoms with Crippen LogP contribution in [0.2, 0.25) is 0 Å². The van der Waals surface area contributed by atoms with Gasteiger partial charge in [-0.2, -0.15) is 0 Å². The van der Waals surface area contributed by atoms with Crippen LogP contribution in [0.25, 0.3) is 5.57 Å². The summed E-state index contributed by atoms with van der Waals surface area (Å²) in [6.45, 7) is -4.08. The highest BCUT2D eigenvalue weighted by molar-refractivity contribution is 9.18. The lowest BCUT2D eigenvalue weighted by Gasteiger charge is -2.32. The molecule has 0 saturated heterocycles. The SMILES string of the molecule is COc1cc(Br)cc(OC)c1C1=C2C=CC(Br)=[N+]2[B-](F)(F)n2c(Br)ccc21. The van der Waals surface area contributed by atoms with E-state index in [1.165, 1.54) is 14.2 Å². The van der Waals surface area contributed by atoms with Crippen molar-refractivity contribution in [2.24, 2.45) is 0 Å². The topological polar surface area (TPSA) is 26.4 Å². The number of benzene rings is 1. The van der Waals surface area contributed by atoms with Crippen LogP contribution in [0.4, 0.5) is 8.63 Å². The zero-order valence-electron chi connectivity index (χ0n) is 14.1. The van der Waals surface area contributed by atoms with Gasteiger partial charge in [0.2, 0.25) is 4.62 Å². The van der Waals surface area contributed by atoms with Gasteiger partial charge in [-0.15, -0.1) is 0 Å². The van der Waals surface area contributed by atoms with Crippen LogP contribution in [-0.2, 0) is 0 Å². The summed E-state index contributed by atoms with van der Waals surface area (Å²) in [5.74, 6) is 1.03. The molecule has 27 heavy (non-hydrogen) atoms. The Morgan fingerprint density at radius 2 is 1.63 bits per heavy atom. The fourth-order valence-electron chi connectivity index (χ4n) is 3.51. The lowest BCUT2D eigenvalue weighted by molar-refractivity contribution is -0.358. The smallest absolute Gasteiger partial charge is 0.496 e. The number of rotatable bonds is 3. The average molecular weight is 565 g/mol. The first-order chi connectivity index (χ1) is 12.8. The van der Waals surface area contributed by atoms with Gasteiger partial charge in [0, 0.05) is 38.2 Å². The molecule has 0 amide bonds. The molecule has 0 saturated carbocycles. The Morgan fingerprint density at radius 1 is 1.00 bits per heavy atom. The molecule has 1 aromatic carbocycles. The summed E-state index contributed by atoms with van der Waals surface area (Å²) in [4.78, 5) is 0. The zero-order valence-corrected chi connectivity index (χ0v) is 18.9. The van der Waals surface area contributed by atoms with Crippen LogP contribution in [0.15, 0.2) is 51.2 Å². The molecule has 3 heterocycles. The van der Waals surface area contributed by atoms with E-state index in [1.807, 2.05) is 0 Å². The summed E-state index contributed by atoms with van der Waals surface area (Å²) in [6.07, 6.45) is 3.28. The summed E-state index contributed by atoms with van der Waals surface area (Å²) in [5, 5.41) is 0. The van der Waals surface area contributed by atoms with E-state index in [0.29, 0.717) is 43.3 Å². The van der Waals surface area contributed by atoms with E-state index in [0.717, 1.165) is 13.4 Å².